The molecule has 9 heteroatoms. The molecule has 1 heterocycles. The molecule has 166 valence electrons. The highest BCUT2D eigenvalue weighted by Gasteiger charge is 2.18. The number of rotatable bonds is 7. The zero-order chi connectivity index (χ0) is 22.9. The molecule has 3 rings (SSSR count). The average Bonchev–Trinajstić information content (AvgIpc) is 2.82. The Bertz CT molecular complexity index is 1080. The smallest absolute Gasteiger partial charge is 0.258 e. The Labute approximate surface area is 194 Å². The minimum Gasteiger partial charge on any atom is -0.493 e. The molecule has 2 aromatic carbocycles. The number of hydrogen-bond donors (Lipinski definition) is 2. The van der Waals surface area contributed by atoms with E-state index in [4.69, 9.17) is 14.2 Å². The quantitative estimate of drug-likeness (QED) is 0.373. The number of halogens is 1. The third kappa shape index (κ3) is 5.98. The molecule has 0 saturated carbocycles. The molecule has 2 N–H and O–H groups in total. The Balaban J connectivity index is 1.88. The maximum absolute atomic E-state index is 13.1. The lowest BCUT2D eigenvalue weighted by Gasteiger charge is -2.15. The summed E-state index contributed by atoms with van der Waals surface area (Å²) in [7, 11) is 4.49. The zero-order valence-corrected chi connectivity index (χ0v) is 19.5. The van der Waals surface area contributed by atoms with E-state index in [2.05, 4.69) is 36.5 Å². The number of pyridine rings is 1. The summed E-state index contributed by atoms with van der Waals surface area (Å²) in [6.45, 7) is 0.333. The van der Waals surface area contributed by atoms with Gasteiger partial charge in [0.15, 0.2) is 11.5 Å². The first-order chi connectivity index (χ1) is 15.5. The van der Waals surface area contributed by atoms with E-state index >= 15 is 0 Å². The van der Waals surface area contributed by atoms with Gasteiger partial charge in [0.2, 0.25) is 11.7 Å². The van der Waals surface area contributed by atoms with Gasteiger partial charge in [0.1, 0.15) is 0 Å². The number of amides is 1. The standard InChI is InChI=1S/C23H23BrN4O4/c1-30-19-10-16(11-20(31-2)21(19)32-3)22(29)28-23(26-14-15-6-5-9-25-13-15)27-18-8-4-7-17(24)12-18/h4-13H,14H2,1-3H3,(H2,26,27,28,29). The molecule has 0 aliphatic rings. The topological polar surface area (TPSA) is 94.1 Å². The van der Waals surface area contributed by atoms with Crippen molar-refractivity contribution in [1.82, 2.24) is 10.3 Å². The van der Waals surface area contributed by atoms with Crippen LogP contribution in [0.5, 0.6) is 17.2 Å². The molecule has 0 spiro atoms. The van der Waals surface area contributed by atoms with Crippen LogP contribution in [0.3, 0.4) is 0 Å². The SMILES string of the molecule is COc1cc(C(=O)NC(=NCc2cccnc2)Nc2cccc(Br)c2)cc(OC)c1OC. The lowest BCUT2D eigenvalue weighted by molar-refractivity contribution is 0.0976. The van der Waals surface area contributed by atoms with Crippen LogP contribution in [-0.2, 0) is 6.54 Å². The molecular weight excluding hydrogens is 476 g/mol. The van der Waals surface area contributed by atoms with E-state index in [9.17, 15) is 4.79 Å². The number of nitrogens with zero attached hydrogens (tertiary/aromatic N) is 2. The Morgan fingerprint density at radius 1 is 1.03 bits per heavy atom. The van der Waals surface area contributed by atoms with Crippen LogP contribution in [0.25, 0.3) is 0 Å². The number of nitrogens with one attached hydrogen (secondary N) is 2. The predicted octanol–water partition coefficient (Wildman–Crippen LogP) is 4.27. The summed E-state index contributed by atoms with van der Waals surface area (Å²) >= 11 is 3.45. The number of aliphatic imine (C=N–C) groups is 1. The molecule has 0 saturated heterocycles. The van der Waals surface area contributed by atoms with Gasteiger partial charge >= 0.3 is 0 Å². The van der Waals surface area contributed by atoms with Gasteiger partial charge in [-0.2, -0.15) is 0 Å². The minimum atomic E-state index is -0.392. The molecule has 3 aromatic rings. The number of carbonyl (C=O) groups excluding carboxylic acids is 1. The van der Waals surface area contributed by atoms with Crippen molar-refractivity contribution in [2.75, 3.05) is 26.6 Å². The fraction of sp³-hybridized carbons (Fsp3) is 0.174. The van der Waals surface area contributed by atoms with Crippen molar-refractivity contribution in [1.29, 1.82) is 0 Å². The van der Waals surface area contributed by atoms with E-state index in [1.807, 2.05) is 36.4 Å². The fourth-order valence-corrected chi connectivity index (χ4v) is 3.27. The second kappa shape index (κ2) is 11.1. The van der Waals surface area contributed by atoms with Crippen molar-refractivity contribution in [2.45, 2.75) is 6.54 Å². The molecule has 0 aliphatic heterocycles. The number of guanidine groups is 1. The van der Waals surface area contributed by atoms with Gasteiger partial charge in [0.05, 0.1) is 27.9 Å². The highest BCUT2D eigenvalue weighted by molar-refractivity contribution is 9.10. The Kier molecular flexibility index (Phi) is 8.04. The van der Waals surface area contributed by atoms with Gasteiger partial charge in [-0.15, -0.1) is 0 Å². The van der Waals surface area contributed by atoms with Crippen molar-refractivity contribution in [3.05, 3.63) is 76.5 Å². The van der Waals surface area contributed by atoms with E-state index < -0.39 is 5.91 Å². The molecule has 8 nitrogen and oxygen atoms in total. The van der Waals surface area contributed by atoms with Gasteiger partial charge in [-0.25, -0.2) is 4.99 Å². The van der Waals surface area contributed by atoms with Crippen LogP contribution in [0.4, 0.5) is 5.69 Å². The predicted molar refractivity (Wildman–Crippen MR) is 127 cm³/mol. The van der Waals surface area contributed by atoms with Gasteiger partial charge in [-0.1, -0.05) is 28.1 Å². The lowest BCUT2D eigenvalue weighted by atomic mass is 10.1. The molecule has 0 radical (unpaired) electrons. The van der Waals surface area contributed by atoms with Crippen molar-refractivity contribution in [3.8, 4) is 17.2 Å². The maximum Gasteiger partial charge on any atom is 0.258 e. The first-order valence-corrected chi connectivity index (χ1v) is 10.4. The summed E-state index contributed by atoms with van der Waals surface area (Å²) in [6, 6.07) is 14.4. The number of hydrogen-bond acceptors (Lipinski definition) is 6. The summed E-state index contributed by atoms with van der Waals surface area (Å²) < 4.78 is 16.9. The third-order valence-electron chi connectivity index (χ3n) is 4.39. The highest BCUT2D eigenvalue weighted by Crippen LogP contribution is 2.38. The maximum atomic E-state index is 13.1. The van der Waals surface area contributed by atoms with E-state index in [1.165, 1.54) is 21.3 Å². The van der Waals surface area contributed by atoms with Gasteiger partial charge in [0, 0.05) is 28.1 Å². The van der Waals surface area contributed by atoms with Crippen molar-refractivity contribution in [3.63, 3.8) is 0 Å². The molecule has 0 atom stereocenters. The fourth-order valence-electron chi connectivity index (χ4n) is 2.87. The molecule has 1 amide bonds. The number of aromatic nitrogens is 1. The van der Waals surface area contributed by atoms with Crippen LogP contribution < -0.4 is 24.8 Å². The lowest BCUT2D eigenvalue weighted by Crippen LogP contribution is -2.36. The largest absolute Gasteiger partial charge is 0.493 e. The summed E-state index contributed by atoms with van der Waals surface area (Å²) in [6.07, 6.45) is 3.42. The van der Waals surface area contributed by atoms with Crippen LogP contribution in [0.15, 0.2) is 70.4 Å². The van der Waals surface area contributed by atoms with E-state index in [-0.39, 0.29) is 5.96 Å². The van der Waals surface area contributed by atoms with Crippen LogP contribution in [0.1, 0.15) is 15.9 Å². The summed E-state index contributed by atoms with van der Waals surface area (Å²) in [5, 5.41) is 5.97. The summed E-state index contributed by atoms with van der Waals surface area (Å²) in [4.78, 5) is 21.7. The van der Waals surface area contributed by atoms with Crippen LogP contribution in [0.2, 0.25) is 0 Å². The van der Waals surface area contributed by atoms with Gasteiger partial charge in [-0.05, 0) is 42.0 Å². The van der Waals surface area contributed by atoms with Crippen molar-refractivity contribution in [2.24, 2.45) is 4.99 Å². The minimum absolute atomic E-state index is 0.283. The Morgan fingerprint density at radius 2 is 1.78 bits per heavy atom. The molecule has 0 fully saturated rings. The van der Waals surface area contributed by atoms with Gasteiger partial charge < -0.3 is 19.5 Å². The first kappa shape index (κ1) is 23.1. The van der Waals surface area contributed by atoms with Crippen molar-refractivity contribution >= 4 is 33.5 Å². The molecule has 1 aromatic heterocycles. The van der Waals surface area contributed by atoms with Crippen LogP contribution >= 0.6 is 15.9 Å². The number of carbonyl (C=O) groups is 1. The molecular formula is C23H23BrN4O4. The highest BCUT2D eigenvalue weighted by atomic mass is 79.9. The zero-order valence-electron chi connectivity index (χ0n) is 17.9. The number of benzene rings is 2. The summed E-state index contributed by atoms with van der Waals surface area (Å²) in [5.41, 5.74) is 1.99. The molecule has 0 unspecified atom stereocenters. The molecule has 0 aliphatic carbocycles. The van der Waals surface area contributed by atoms with E-state index in [0.29, 0.717) is 29.4 Å². The van der Waals surface area contributed by atoms with Crippen molar-refractivity contribution < 1.29 is 19.0 Å². The van der Waals surface area contributed by atoms with Gasteiger partial charge in [-0.3, -0.25) is 15.1 Å². The third-order valence-corrected chi connectivity index (χ3v) is 4.88. The second-order valence-electron chi connectivity index (χ2n) is 6.53. The summed E-state index contributed by atoms with van der Waals surface area (Å²) in [5.74, 6) is 1.06. The van der Waals surface area contributed by atoms with Crippen LogP contribution in [0, 0.1) is 0 Å². The average molecular weight is 499 g/mol. The first-order valence-electron chi connectivity index (χ1n) is 9.61. The van der Waals surface area contributed by atoms with E-state index in [1.54, 1.807) is 24.5 Å². The van der Waals surface area contributed by atoms with Gasteiger partial charge in [0.25, 0.3) is 5.91 Å². The Hall–Kier alpha value is -3.59. The Morgan fingerprint density at radius 3 is 2.38 bits per heavy atom. The molecule has 0 bridgehead atoms. The normalized spacial score (nSPS) is 10.9. The number of methoxy groups -OCH3 is 3. The second-order valence-corrected chi connectivity index (χ2v) is 7.45. The number of anilines is 1. The number of ether oxygens (including phenoxy) is 3. The van der Waals surface area contributed by atoms with Crippen LogP contribution in [-0.4, -0.2) is 38.2 Å². The van der Waals surface area contributed by atoms with E-state index in [0.717, 1.165) is 15.7 Å². The molecule has 32 heavy (non-hydrogen) atoms. The monoisotopic (exact) mass is 498 g/mol.